The summed E-state index contributed by atoms with van der Waals surface area (Å²) in [6, 6.07) is 33.8. The Bertz CT molecular complexity index is 1110. The van der Waals surface area contributed by atoms with Crippen LogP contribution in [0.15, 0.2) is 130 Å². The molecule has 0 aliphatic rings. The van der Waals surface area contributed by atoms with Gasteiger partial charge in [-0.15, -0.1) is 0 Å². The van der Waals surface area contributed by atoms with Crippen molar-refractivity contribution >= 4 is 49.5 Å². The molecule has 4 aromatic rings. The summed E-state index contributed by atoms with van der Waals surface area (Å²) >= 11 is -3.17. The van der Waals surface area contributed by atoms with Crippen molar-refractivity contribution in [3.63, 3.8) is 0 Å². The zero-order valence-corrected chi connectivity index (χ0v) is 18.3. The molecule has 0 radical (unpaired) electrons. The van der Waals surface area contributed by atoms with Gasteiger partial charge in [-0.2, -0.15) is 0 Å². The average Bonchev–Trinajstić information content (AvgIpc) is 2.83. The number of nitrogens with zero attached hydrogens (tertiary/aromatic N) is 4. The van der Waals surface area contributed by atoms with Crippen molar-refractivity contribution in [2.24, 2.45) is 20.5 Å². The Morgan fingerprint density at radius 2 is 0.800 bits per heavy atom. The quantitative estimate of drug-likeness (QED) is 0.232. The van der Waals surface area contributed by atoms with E-state index in [0.29, 0.717) is 18.6 Å². The second kappa shape index (κ2) is 9.93. The van der Waals surface area contributed by atoms with E-state index >= 15 is 0 Å². The molecule has 0 saturated carbocycles. The molecule has 0 saturated heterocycles. The molecular formula is C24H18N4OTe. The molecule has 0 bridgehead atoms. The first-order valence-electron chi connectivity index (χ1n) is 9.35. The molecule has 0 fully saturated rings. The molecule has 0 aliphatic heterocycles. The number of rotatable bonds is 6. The molecule has 0 amide bonds. The Morgan fingerprint density at radius 1 is 0.433 bits per heavy atom. The molecular weight excluding hydrogens is 488 g/mol. The van der Waals surface area contributed by atoms with E-state index in [2.05, 4.69) is 20.5 Å². The maximum atomic E-state index is 13.6. The summed E-state index contributed by atoms with van der Waals surface area (Å²) < 4.78 is 15.0. The van der Waals surface area contributed by atoms with E-state index in [-0.39, 0.29) is 0 Å². The predicted octanol–water partition coefficient (Wildman–Crippen LogP) is 6.05. The van der Waals surface area contributed by atoms with Gasteiger partial charge in [0.2, 0.25) is 0 Å². The van der Waals surface area contributed by atoms with Gasteiger partial charge in [0.15, 0.2) is 0 Å². The van der Waals surface area contributed by atoms with Crippen LogP contribution in [-0.4, -0.2) is 19.5 Å². The van der Waals surface area contributed by atoms with Crippen molar-refractivity contribution in [2.75, 3.05) is 0 Å². The number of benzene rings is 4. The molecule has 0 N–H and O–H groups in total. The van der Waals surface area contributed by atoms with Gasteiger partial charge >= 0.3 is 182 Å². The summed E-state index contributed by atoms with van der Waals surface area (Å²) in [7, 11) is 0. The Balaban J connectivity index is 1.66. The van der Waals surface area contributed by atoms with Gasteiger partial charge < -0.3 is 0 Å². The molecule has 4 aromatic carbocycles. The maximum absolute atomic E-state index is 13.6. The summed E-state index contributed by atoms with van der Waals surface area (Å²) in [6.07, 6.45) is 0. The fourth-order valence-electron chi connectivity index (χ4n) is 2.72. The van der Waals surface area contributed by atoms with Gasteiger partial charge in [0.1, 0.15) is 0 Å². The Morgan fingerprint density at radius 3 is 1.23 bits per heavy atom. The van der Waals surface area contributed by atoms with Gasteiger partial charge in [0.25, 0.3) is 0 Å². The van der Waals surface area contributed by atoms with Crippen molar-refractivity contribution in [2.45, 2.75) is 0 Å². The third-order valence-electron chi connectivity index (χ3n) is 4.19. The van der Waals surface area contributed by atoms with Crippen LogP contribution in [0.2, 0.25) is 0 Å². The first-order valence-corrected chi connectivity index (χ1v) is 12.6. The van der Waals surface area contributed by atoms with Crippen molar-refractivity contribution in [1.82, 2.24) is 0 Å². The zero-order valence-electron chi connectivity index (χ0n) is 16.0. The topological polar surface area (TPSA) is 66.5 Å². The van der Waals surface area contributed by atoms with Crippen LogP contribution in [-0.2, 0) is 3.10 Å². The Kier molecular flexibility index (Phi) is 6.61. The van der Waals surface area contributed by atoms with Crippen LogP contribution in [0, 0.1) is 0 Å². The summed E-state index contributed by atoms with van der Waals surface area (Å²) in [5.41, 5.74) is 2.72. The van der Waals surface area contributed by atoms with Gasteiger partial charge in [0.05, 0.1) is 0 Å². The van der Waals surface area contributed by atoms with Crippen LogP contribution in [0.3, 0.4) is 0 Å². The van der Waals surface area contributed by atoms with Crippen LogP contribution in [0.4, 0.5) is 22.7 Å². The van der Waals surface area contributed by atoms with Gasteiger partial charge in [-0.25, -0.2) is 0 Å². The van der Waals surface area contributed by atoms with Crippen molar-refractivity contribution in [3.05, 3.63) is 109 Å². The molecule has 0 aliphatic carbocycles. The predicted molar refractivity (Wildman–Crippen MR) is 120 cm³/mol. The van der Waals surface area contributed by atoms with Crippen LogP contribution in [0.25, 0.3) is 0 Å². The normalized spacial score (nSPS) is 11.5. The third kappa shape index (κ3) is 4.98. The molecule has 146 valence electrons. The molecule has 30 heavy (non-hydrogen) atoms. The van der Waals surface area contributed by atoms with E-state index in [1.807, 2.05) is 109 Å². The van der Waals surface area contributed by atoms with Gasteiger partial charge in [0, 0.05) is 0 Å². The first kappa shape index (κ1) is 20.0. The van der Waals surface area contributed by atoms with Gasteiger partial charge in [-0.05, 0) is 0 Å². The SMILES string of the molecule is O=[Te](c1ccccc1N=Nc1ccccc1)c1ccccc1N=Nc1ccccc1. The first-order chi connectivity index (χ1) is 14.8. The standard InChI is InChI=1S/C24H18N4OTe/c29-30(23-17-9-7-15-21(23)27-25-19-11-3-1-4-12-19)24-18-10-8-16-22(24)28-26-20-13-5-2-6-14-20/h1-18H. The minimum absolute atomic E-state index is 0.614. The zero-order chi connectivity index (χ0) is 20.6. The van der Waals surface area contributed by atoms with Crippen molar-refractivity contribution in [3.8, 4) is 0 Å². The van der Waals surface area contributed by atoms with Crippen LogP contribution >= 0.6 is 0 Å². The molecule has 6 heteroatoms. The molecule has 0 atom stereocenters. The number of hydrogen-bond acceptors (Lipinski definition) is 5. The molecule has 5 nitrogen and oxygen atoms in total. The van der Waals surface area contributed by atoms with Gasteiger partial charge in [-0.3, -0.25) is 0 Å². The Hall–Kier alpha value is -3.33. The summed E-state index contributed by atoms with van der Waals surface area (Å²) in [6.45, 7) is 0. The summed E-state index contributed by atoms with van der Waals surface area (Å²) in [5.74, 6) is 0. The van der Waals surface area contributed by atoms with E-state index in [9.17, 15) is 3.10 Å². The molecule has 0 spiro atoms. The van der Waals surface area contributed by atoms with E-state index in [1.165, 1.54) is 0 Å². The number of hydrogen-bond donors (Lipinski definition) is 0. The monoisotopic (exact) mass is 508 g/mol. The van der Waals surface area contributed by atoms with E-state index in [1.54, 1.807) is 0 Å². The van der Waals surface area contributed by atoms with Crippen molar-refractivity contribution < 1.29 is 3.10 Å². The number of azo groups is 2. The van der Waals surface area contributed by atoms with E-state index in [0.717, 1.165) is 11.4 Å². The van der Waals surface area contributed by atoms with Crippen LogP contribution in [0.5, 0.6) is 0 Å². The molecule has 0 aromatic heterocycles. The van der Waals surface area contributed by atoms with Crippen molar-refractivity contribution in [1.29, 1.82) is 0 Å². The van der Waals surface area contributed by atoms with E-state index < -0.39 is 19.5 Å². The fourth-order valence-corrected chi connectivity index (χ4v) is 6.26. The van der Waals surface area contributed by atoms with Gasteiger partial charge in [-0.1, -0.05) is 0 Å². The summed E-state index contributed by atoms with van der Waals surface area (Å²) in [4.78, 5) is 0. The minimum atomic E-state index is -3.17. The average molecular weight is 506 g/mol. The van der Waals surface area contributed by atoms with Crippen LogP contribution < -0.4 is 7.22 Å². The molecule has 4 rings (SSSR count). The second-order valence-corrected chi connectivity index (χ2v) is 10.3. The van der Waals surface area contributed by atoms with Crippen LogP contribution in [0.1, 0.15) is 0 Å². The van der Waals surface area contributed by atoms with E-state index in [4.69, 9.17) is 0 Å². The molecule has 0 heterocycles. The molecule has 0 unspecified atom stereocenters. The third-order valence-corrected chi connectivity index (χ3v) is 8.44. The fraction of sp³-hybridized carbons (Fsp3) is 0. The second-order valence-electron chi connectivity index (χ2n) is 6.28. The summed E-state index contributed by atoms with van der Waals surface area (Å²) in [5, 5.41) is 17.3. The Labute approximate surface area is 181 Å².